The molecule has 0 aliphatic rings. The van der Waals surface area contributed by atoms with Gasteiger partial charge in [-0.3, -0.25) is 8.78 Å². The van der Waals surface area contributed by atoms with Crippen LogP contribution in [0.1, 0.15) is 42.1 Å². The molecule has 28 heavy (non-hydrogen) atoms. The Morgan fingerprint density at radius 1 is 1.04 bits per heavy atom. The van der Waals surface area contributed by atoms with Crippen molar-refractivity contribution in [2.24, 2.45) is 0 Å². The van der Waals surface area contributed by atoms with Crippen LogP contribution >= 0.6 is 0 Å². The summed E-state index contributed by atoms with van der Waals surface area (Å²) in [6.07, 6.45) is 1.84. The lowest BCUT2D eigenvalue weighted by atomic mass is 10.1. The Morgan fingerprint density at radius 3 is 2.29 bits per heavy atom. The summed E-state index contributed by atoms with van der Waals surface area (Å²) in [5, 5.41) is 0. The first kappa shape index (κ1) is 20.3. The Labute approximate surface area is 170 Å². The third kappa shape index (κ3) is 4.71. The van der Waals surface area contributed by atoms with Crippen LogP contribution in [0.4, 0.5) is 0 Å². The normalized spacial score (nSPS) is 13.3. The van der Waals surface area contributed by atoms with Gasteiger partial charge in [-0.2, -0.15) is 0 Å². The lowest BCUT2D eigenvalue weighted by Gasteiger charge is -2.15. The number of ether oxygens (including phenoxy) is 1. The third-order valence-electron chi connectivity index (χ3n) is 4.76. The van der Waals surface area contributed by atoms with Crippen LogP contribution in [0.2, 0.25) is 0 Å². The molecule has 1 aromatic heterocycles. The molecule has 2 atom stereocenters. The molecule has 0 amide bonds. The average molecular weight is 397 g/mol. The molecule has 148 valence electrons. The highest BCUT2D eigenvalue weighted by Crippen LogP contribution is 2.27. The maximum Gasteiger partial charge on any atom is 0.302 e. The van der Waals surface area contributed by atoms with Gasteiger partial charge in [-0.05, 0) is 63.1 Å². The zero-order chi connectivity index (χ0) is 20.3. The molecule has 5 heteroatoms. The second-order valence-corrected chi connectivity index (χ2v) is 8.86. The molecule has 0 aliphatic carbocycles. The van der Waals surface area contributed by atoms with E-state index >= 15 is 0 Å². The quantitative estimate of drug-likeness (QED) is 0.527. The Hall–Kier alpha value is -2.40. The van der Waals surface area contributed by atoms with E-state index < -0.39 is 10.8 Å². The first-order chi connectivity index (χ1) is 13.4. The number of hydrogen-bond donors (Lipinski definition) is 0. The van der Waals surface area contributed by atoms with Gasteiger partial charge in [0, 0.05) is 28.8 Å². The van der Waals surface area contributed by atoms with Gasteiger partial charge in [-0.15, -0.1) is 0 Å². The van der Waals surface area contributed by atoms with Crippen molar-refractivity contribution < 1.29 is 8.95 Å². The van der Waals surface area contributed by atoms with Gasteiger partial charge in [0.15, 0.2) is 0 Å². The molecule has 0 saturated heterocycles. The van der Waals surface area contributed by atoms with Crippen molar-refractivity contribution in [2.75, 3.05) is 5.75 Å². The summed E-state index contributed by atoms with van der Waals surface area (Å²) < 4.78 is 21.0. The van der Waals surface area contributed by atoms with Gasteiger partial charge in [0.2, 0.25) is 0 Å². The molecule has 3 aromatic rings. The van der Waals surface area contributed by atoms with Gasteiger partial charge < -0.3 is 4.74 Å². The predicted molar refractivity (Wildman–Crippen MR) is 115 cm³/mol. The molecule has 0 N–H and O–H groups in total. The van der Waals surface area contributed by atoms with E-state index in [-0.39, 0.29) is 5.92 Å². The van der Waals surface area contributed by atoms with Crippen LogP contribution in [0, 0.1) is 20.8 Å². The largest absolute Gasteiger partial charge is 0.426 e. The van der Waals surface area contributed by atoms with Crippen LogP contribution < -0.4 is 4.74 Å². The number of benzene rings is 2. The van der Waals surface area contributed by atoms with Crippen molar-refractivity contribution in [1.82, 2.24) is 9.55 Å². The van der Waals surface area contributed by atoms with E-state index in [1.54, 1.807) is 0 Å². The topological polar surface area (TPSA) is 44.1 Å². The molecule has 0 spiro atoms. The summed E-state index contributed by atoms with van der Waals surface area (Å²) in [7, 11) is -1.06. The van der Waals surface area contributed by atoms with Crippen molar-refractivity contribution in [3.63, 3.8) is 0 Å². The molecular weight excluding hydrogens is 368 g/mol. The van der Waals surface area contributed by atoms with Gasteiger partial charge in [0.05, 0.1) is 17.0 Å². The van der Waals surface area contributed by atoms with Crippen molar-refractivity contribution in [3.8, 4) is 11.8 Å². The van der Waals surface area contributed by atoms with Gasteiger partial charge in [-0.25, -0.2) is 4.98 Å². The number of aromatic nitrogens is 2. The summed E-state index contributed by atoms with van der Waals surface area (Å²) in [5.41, 5.74) is 4.52. The smallest absolute Gasteiger partial charge is 0.302 e. The maximum absolute atomic E-state index is 12.9. The molecule has 0 aliphatic heterocycles. The number of nitrogens with zero attached hydrogens (tertiary/aromatic N) is 2. The minimum Gasteiger partial charge on any atom is -0.426 e. The highest BCUT2D eigenvalue weighted by atomic mass is 32.2. The summed E-state index contributed by atoms with van der Waals surface area (Å²) in [4.78, 5) is 5.37. The summed E-state index contributed by atoms with van der Waals surface area (Å²) in [6, 6.07) is 14.6. The molecule has 0 bridgehead atoms. The standard InChI is InChI=1S/C23H28N2O2S/c1-6-25-22(14-24-23(25)27-20-9-7-16(2)8-10-20)19(5)15-28(26)21-12-17(3)11-18(4)13-21/h7-14,19H,6,15H2,1-5H3. The SMILES string of the molecule is CCn1c(C(C)CS(=O)c2cc(C)cc(C)c2)cnc1Oc1ccc(C)cc1. The highest BCUT2D eigenvalue weighted by molar-refractivity contribution is 7.85. The lowest BCUT2D eigenvalue weighted by Crippen LogP contribution is -2.12. The third-order valence-corrected chi connectivity index (χ3v) is 6.32. The van der Waals surface area contributed by atoms with E-state index in [0.717, 1.165) is 34.0 Å². The van der Waals surface area contributed by atoms with Crippen molar-refractivity contribution in [2.45, 2.75) is 52.0 Å². The van der Waals surface area contributed by atoms with Gasteiger partial charge in [0.1, 0.15) is 5.75 Å². The second-order valence-electron chi connectivity index (χ2n) is 7.36. The Kier molecular flexibility index (Phi) is 6.35. The van der Waals surface area contributed by atoms with Crippen LogP contribution in [-0.4, -0.2) is 19.5 Å². The molecule has 4 nitrogen and oxygen atoms in total. The van der Waals surface area contributed by atoms with Crippen molar-refractivity contribution in [1.29, 1.82) is 0 Å². The Bertz CT molecular complexity index is 957. The van der Waals surface area contributed by atoms with Crippen LogP contribution in [0.15, 0.2) is 53.6 Å². The number of aryl methyl sites for hydroxylation is 3. The first-order valence-corrected chi connectivity index (χ1v) is 11.0. The van der Waals surface area contributed by atoms with E-state index in [1.807, 2.05) is 63.4 Å². The van der Waals surface area contributed by atoms with E-state index in [1.165, 1.54) is 5.56 Å². The maximum atomic E-state index is 12.9. The zero-order valence-electron chi connectivity index (χ0n) is 17.2. The molecule has 2 unspecified atom stereocenters. The number of rotatable bonds is 7. The second kappa shape index (κ2) is 8.74. The van der Waals surface area contributed by atoms with Gasteiger partial charge in [-0.1, -0.05) is 30.7 Å². The number of imidazole rings is 1. The van der Waals surface area contributed by atoms with E-state index in [4.69, 9.17) is 4.74 Å². The summed E-state index contributed by atoms with van der Waals surface area (Å²) in [5.74, 6) is 1.42. The fourth-order valence-corrected chi connectivity index (χ4v) is 4.80. The van der Waals surface area contributed by atoms with Crippen LogP contribution in [0.5, 0.6) is 11.8 Å². The Morgan fingerprint density at radius 2 is 1.68 bits per heavy atom. The van der Waals surface area contributed by atoms with E-state index in [2.05, 4.69) is 29.5 Å². The molecule has 1 heterocycles. The lowest BCUT2D eigenvalue weighted by molar-refractivity contribution is 0.410. The number of hydrogen-bond acceptors (Lipinski definition) is 3. The molecule has 2 aromatic carbocycles. The molecule has 3 rings (SSSR count). The summed E-state index contributed by atoms with van der Waals surface area (Å²) in [6.45, 7) is 11.0. The zero-order valence-corrected chi connectivity index (χ0v) is 18.0. The molecule has 0 saturated carbocycles. The average Bonchev–Trinajstić information content (AvgIpc) is 3.05. The minimum absolute atomic E-state index is 0.101. The van der Waals surface area contributed by atoms with Gasteiger partial charge in [0.25, 0.3) is 0 Å². The highest BCUT2D eigenvalue weighted by Gasteiger charge is 2.19. The first-order valence-electron chi connectivity index (χ1n) is 9.64. The van der Waals surface area contributed by atoms with Gasteiger partial charge >= 0.3 is 6.01 Å². The van der Waals surface area contributed by atoms with E-state index in [9.17, 15) is 4.21 Å². The fraction of sp³-hybridized carbons (Fsp3) is 0.348. The van der Waals surface area contributed by atoms with E-state index in [0.29, 0.717) is 11.8 Å². The monoisotopic (exact) mass is 396 g/mol. The Balaban J connectivity index is 1.78. The molecule has 0 fully saturated rings. The predicted octanol–water partition coefficient (Wildman–Crippen LogP) is 5.53. The van der Waals surface area contributed by atoms with Crippen molar-refractivity contribution in [3.05, 3.63) is 71.0 Å². The molecular formula is C23H28N2O2S. The van der Waals surface area contributed by atoms with Crippen LogP contribution in [0.3, 0.4) is 0 Å². The minimum atomic E-state index is -1.06. The van der Waals surface area contributed by atoms with Crippen LogP contribution in [-0.2, 0) is 17.3 Å². The molecule has 0 radical (unpaired) electrons. The van der Waals surface area contributed by atoms with Crippen molar-refractivity contribution >= 4 is 10.8 Å². The van der Waals surface area contributed by atoms with Crippen LogP contribution in [0.25, 0.3) is 0 Å². The summed E-state index contributed by atoms with van der Waals surface area (Å²) >= 11 is 0. The fourth-order valence-electron chi connectivity index (χ4n) is 3.35.